The molecule has 7 heteroatoms. The number of aromatic nitrogens is 2. The first-order chi connectivity index (χ1) is 10.5. The predicted molar refractivity (Wildman–Crippen MR) is 79.3 cm³/mol. The molecule has 0 spiro atoms. The smallest absolute Gasteiger partial charge is 0.318 e. The van der Waals surface area contributed by atoms with Crippen LogP contribution >= 0.6 is 0 Å². The Kier molecular flexibility index (Phi) is 3.80. The van der Waals surface area contributed by atoms with E-state index in [-0.39, 0.29) is 24.5 Å². The van der Waals surface area contributed by atoms with E-state index in [0.717, 1.165) is 12.2 Å². The number of urea groups is 1. The molecule has 0 saturated carbocycles. The van der Waals surface area contributed by atoms with Crippen molar-refractivity contribution in [3.05, 3.63) is 18.2 Å². The number of fused-ring (bicyclic) bond motifs is 1. The summed E-state index contributed by atoms with van der Waals surface area (Å²) in [6.07, 6.45) is 5.12. The second-order valence-corrected chi connectivity index (χ2v) is 6.56. The standard InChI is InChI=1S/C15H22N4O3/c1-9-5-11(14(20)21)8-18(7-9)15(22)17-12-6-10(2)19-4-3-16-13(12)19/h3-4,9-12H,5-8H2,1-2H3,(H,17,22)(H,20,21). The van der Waals surface area contributed by atoms with E-state index in [1.165, 1.54) is 0 Å². The lowest BCUT2D eigenvalue weighted by Crippen LogP contribution is -2.50. The number of hydrogen-bond donors (Lipinski definition) is 2. The molecular weight excluding hydrogens is 284 g/mol. The molecule has 1 aromatic rings. The maximum Gasteiger partial charge on any atom is 0.318 e. The number of nitrogens with one attached hydrogen (secondary N) is 1. The minimum atomic E-state index is -0.825. The molecule has 1 saturated heterocycles. The van der Waals surface area contributed by atoms with Crippen molar-refractivity contribution >= 4 is 12.0 Å². The first-order valence-electron chi connectivity index (χ1n) is 7.76. The highest BCUT2D eigenvalue weighted by Crippen LogP contribution is 2.33. The summed E-state index contributed by atoms with van der Waals surface area (Å²) >= 11 is 0. The molecule has 0 aromatic carbocycles. The number of hydrogen-bond acceptors (Lipinski definition) is 3. The maximum atomic E-state index is 12.5. The minimum Gasteiger partial charge on any atom is -0.481 e. The van der Waals surface area contributed by atoms with Crippen molar-refractivity contribution in [2.75, 3.05) is 13.1 Å². The second kappa shape index (κ2) is 5.62. The summed E-state index contributed by atoms with van der Waals surface area (Å²) in [7, 11) is 0. The zero-order valence-corrected chi connectivity index (χ0v) is 12.9. The van der Waals surface area contributed by atoms with Crippen molar-refractivity contribution in [3.63, 3.8) is 0 Å². The van der Waals surface area contributed by atoms with Gasteiger partial charge in [0.25, 0.3) is 0 Å². The van der Waals surface area contributed by atoms with E-state index in [2.05, 4.69) is 21.8 Å². The van der Waals surface area contributed by atoms with Gasteiger partial charge in [0.1, 0.15) is 5.82 Å². The van der Waals surface area contributed by atoms with Crippen molar-refractivity contribution in [1.29, 1.82) is 0 Å². The molecule has 4 unspecified atom stereocenters. The topological polar surface area (TPSA) is 87.5 Å². The lowest BCUT2D eigenvalue weighted by molar-refractivity contribution is -0.143. The van der Waals surface area contributed by atoms with Crippen LogP contribution in [0.25, 0.3) is 0 Å². The molecule has 7 nitrogen and oxygen atoms in total. The Morgan fingerprint density at radius 1 is 1.32 bits per heavy atom. The Bertz CT molecular complexity index is 585. The van der Waals surface area contributed by atoms with Gasteiger partial charge in [-0.2, -0.15) is 0 Å². The van der Waals surface area contributed by atoms with E-state index < -0.39 is 11.9 Å². The molecule has 1 fully saturated rings. The van der Waals surface area contributed by atoms with Gasteiger partial charge < -0.3 is 19.9 Å². The van der Waals surface area contributed by atoms with Crippen LogP contribution in [-0.4, -0.2) is 44.6 Å². The number of piperidine rings is 1. The number of imidazole rings is 1. The highest BCUT2D eigenvalue weighted by molar-refractivity contribution is 5.77. The number of rotatable bonds is 2. The summed E-state index contributed by atoms with van der Waals surface area (Å²) in [6, 6.07) is 0.0271. The van der Waals surface area contributed by atoms with E-state index >= 15 is 0 Å². The van der Waals surface area contributed by atoms with Crippen molar-refractivity contribution in [3.8, 4) is 0 Å². The number of aliphatic carboxylic acids is 1. The third-order valence-corrected chi connectivity index (χ3v) is 4.66. The lowest BCUT2D eigenvalue weighted by atomic mass is 9.91. The van der Waals surface area contributed by atoms with E-state index in [1.54, 1.807) is 11.1 Å². The average Bonchev–Trinajstić information content (AvgIpc) is 3.04. The number of carbonyl (C=O) groups is 2. The van der Waals surface area contributed by atoms with Gasteiger partial charge in [0.05, 0.1) is 12.0 Å². The fraction of sp³-hybridized carbons (Fsp3) is 0.667. The first-order valence-corrected chi connectivity index (χ1v) is 7.76. The van der Waals surface area contributed by atoms with E-state index in [1.807, 2.05) is 13.1 Å². The van der Waals surface area contributed by atoms with Gasteiger partial charge in [0, 0.05) is 31.5 Å². The Morgan fingerprint density at radius 2 is 2.09 bits per heavy atom. The quantitative estimate of drug-likeness (QED) is 0.869. The zero-order valence-electron chi connectivity index (χ0n) is 12.9. The third-order valence-electron chi connectivity index (χ3n) is 4.66. The Labute approximate surface area is 129 Å². The Morgan fingerprint density at radius 3 is 2.82 bits per heavy atom. The first kappa shape index (κ1) is 14.9. The number of carboxylic acid groups (broad SMARTS) is 1. The lowest BCUT2D eigenvalue weighted by Gasteiger charge is -2.35. The second-order valence-electron chi connectivity index (χ2n) is 6.56. The van der Waals surface area contributed by atoms with Gasteiger partial charge in [-0.25, -0.2) is 9.78 Å². The van der Waals surface area contributed by atoms with E-state index in [4.69, 9.17) is 0 Å². The van der Waals surface area contributed by atoms with Gasteiger partial charge in [-0.05, 0) is 25.7 Å². The normalized spacial score (nSPS) is 30.9. The molecular formula is C15H22N4O3. The average molecular weight is 306 g/mol. The van der Waals surface area contributed by atoms with Crippen LogP contribution in [0.15, 0.2) is 12.4 Å². The fourth-order valence-corrected chi connectivity index (χ4v) is 3.59. The molecule has 22 heavy (non-hydrogen) atoms. The number of carboxylic acids is 1. The summed E-state index contributed by atoms with van der Waals surface area (Å²) < 4.78 is 2.07. The third kappa shape index (κ3) is 2.67. The Balaban J connectivity index is 1.66. The predicted octanol–water partition coefficient (Wildman–Crippen LogP) is 1.64. The molecule has 2 amide bonds. The zero-order chi connectivity index (χ0) is 15.9. The molecule has 2 aliphatic heterocycles. The highest BCUT2D eigenvalue weighted by Gasteiger charge is 2.35. The van der Waals surface area contributed by atoms with Crippen LogP contribution in [0.2, 0.25) is 0 Å². The molecule has 1 aromatic heterocycles. The molecule has 0 aliphatic carbocycles. The summed E-state index contributed by atoms with van der Waals surface area (Å²) in [4.78, 5) is 29.7. The van der Waals surface area contributed by atoms with Gasteiger partial charge in [-0.1, -0.05) is 6.92 Å². The van der Waals surface area contributed by atoms with Crippen LogP contribution in [-0.2, 0) is 4.79 Å². The molecule has 2 N–H and O–H groups in total. The minimum absolute atomic E-state index is 0.0991. The molecule has 4 atom stereocenters. The molecule has 120 valence electrons. The van der Waals surface area contributed by atoms with Crippen LogP contribution in [0.3, 0.4) is 0 Å². The van der Waals surface area contributed by atoms with E-state index in [0.29, 0.717) is 19.0 Å². The van der Waals surface area contributed by atoms with Crippen LogP contribution in [0.5, 0.6) is 0 Å². The van der Waals surface area contributed by atoms with Gasteiger partial charge in [-0.3, -0.25) is 4.79 Å². The SMILES string of the molecule is CC1CC(C(=O)O)CN(C(=O)NC2CC(C)n3ccnc32)C1. The van der Waals surface area contributed by atoms with Gasteiger partial charge in [0.15, 0.2) is 0 Å². The number of nitrogens with zero attached hydrogens (tertiary/aromatic N) is 3. The highest BCUT2D eigenvalue weighted by atomic mass is 16.4. The Hall–Kier alpha value is -2.05. The number of likely N-dealkylation sites (tertiary alicyclic amines) is 1. The molecule has 0 bridgehead atoms. The maximum absolute atomic E-state index is 12.5. The molecule has 3 heterocycles. The van der Waals surface area contributed by atoms with Crippen LogP contribution in [0, 0.1) is 11.8 Å². The monoisotopic (exact) mass is 306 g/mol. The van der Waals surface area contributed by atoms with Crippen molar-refractivity contribution in [1.82, 2.24) is 19.8 Å². The van der Waals surface area contributed by atoms with Gasteiger partial charge in [-0.15, -0.1) is 0 Å². The van der Waals surface area contributed by atoms with Crippen LogP contribution < -0.4 is 5.32 Å². The van der Waals surface area contributed by atoms with Crippen molar-refractivity contribution in [2.24, 2.45) is 11.8 Å². The van der Waals surface area contributed by atoms with Gasteiger partial charge >= 0.3 is 12.0 Å². The molecule has 2 aliphatic rings. The van der Waals surface area contributed by atoms with Crippen LogP contribution in [0.1, 0.15) is 44.6 Å². The number of carbonyl (C=O) groups excluding carboxylic acids is 1. The summed E-state index contributed by atoms with van der Waals surface area (Å²) in [5.41, 5.74) is 0. The van der Waals surface area contributed by atoms with Crippen LogP contribution in [0.4, 0.5) is 4.79 Å². The van der Waals surface area contributed by atoms with Crippen molar-refractivity contribution in [2.45, 2.75) is 38.8 Å². The summed E-state index contributed by atoms with van der Waals surface area (Å²) in [5, 5.41) is 12.2. The number of amides is 2. The summed E-state index contributed by atoms with van der Waals surface area (Å²) in [5.74, 6) is -0.223. The fourth-order valence-electron chi connectivity index (χ4n) is 3.59. The summed E-state index contributed by atoms with van der Waals surface area (Å²) in [6.45, 7) is 4.97. The van der Waals surface area contributed by atoms with E-state index in [9.17, 15) is 14.7 Å². The largest absolute Gasteiger partial charge is 0.481 e. The molecule has 3 rings (SSSR count). The van der Waals surface area contributed by atoms with Gasteiger partial charge in [0.2, 0.25) is 0 Å². The molecule has 0 radical (unpaired) electrons. The van der Waals surface area contributed by atoms with Crippen molar-refractivity contribution < 1.29 is 14.7 Å².